The van der Waals surface area contributed by atoms with Crippen molar-refractivity contribution in [1.82, 2.24) is 19.7 Å². The van der Waals surface area contributed by atoms with Crippen LogP contribution in [0.2, 0.25) is 0 Å². The number of carbonyl (C=O) groups is 1. The molecule has 2 atom stereocenters. The molecule has 1 fully saturated rings. The first kappa shape index (κ1) is 23.6. The zero-order valence-electron chi connectivity index (χ0n) is 19.4. The molecule has 12 heteroatoms. The lowest BCUT2D eigenvalue weighted by molar-refractivity contribution is -0.131. The maximum Gasteiger partial charge on any atom is 0.243 e. The van der Waals surface area contributed by atoms with Crippen LogP contribution in [0.1, 0.15) is 20.3 Å². The summed E-state index contributed by atoms with van der Waals surface area (Å²) in [5, 5.41) is 8.24. The van der Waals surface area contributed by atoms with E-state index in [-0.39, 0.29) is 41.9 Å². The Labute approximate surface area is 197 Å². The van der Waals surface area contributed by atoms with Gasteiger partial charge in [0.05, 0.1) is 26.2 Å². The largest absolute Gasteiger partial charge is 0.494 e. The summed E-state index contributed by atoms with van der Waals surface area (Å²) < 4.78 is 46.5. The molecule has 3 heterocycles. The number of aromatic nitrogens is 3. The van der Waals surface area contributed by atoms with Crippen LogP contribution in [0, 0.1) is 5.92 Å². The van der Waals surface area contributed by atoms with Gasteiger partial charge in [0.1, 0.15) is 17.2 Å². The number of benzene rings is 1. The summed E-state index contributed by atoms with van der Waals surface area (Å²) in [5.74, 6) is 0.951. The zero-order valence-corrected chi connectivity index (χ0v) is 20.2. The number of methoxy groups -OCH3 is 2. The topological polar surface area (TPSA) is 129 Å². The van der Waals surface area contributed by atoms with Crippen molar-refractivity contribution in [2.45, 2.75) is 26.3 Å². The van der Waals surface area contributed by atoms with Gasteiger partial charge in [-0.05, 0) is 37.6 Å². The molecule has 1 N–H and O–H groups in total. The number of anilines is 1. The summed E-state index contributed by atoms with van der Waals surface area (Å²) in [6.07, 6.45) is 2.19. The predicted molar refractivity (Wildman–Crippen MR) is 125 cm³/mol. The van der Waals surface area contributed by atoms with Gasteiger partial charge in [0, 0.05) is 18.5 Å². The van der Waals surface area contributed by atoms with Crippen molar-refractivity contribution in [2.24, 2.45) is 5.92 Å². The highest BCUT2D eigenvalue weighted by atomic mass is 32.2. The average molecular weight is 490 g/mol. The summed E-state index contributed by atoms with van der Waals surface area (Å²) >= 11 is 0. The van der Waals surface area contributed by atoms with Gasteiger partial charge in [0.15, 0.2) is 5.76 Å². The third kappa shape index (κ3) is 4.45. The molecular formula is C22H27N5O6S. The minimum absolute atomic E-state index is 0.00949. The number of hydrogen-bond acceptors (Lipinski definition) is 8. The minimum atomic E-state index is -3.89. The highest BCUT2D eigenvalue weighted by Crippen LogP contribution is 2.37. The highest BCUT2D eigenvalue weighted by molar-refractivity contribution is 7.92. The number of likely N-dealkylation sites (tertiary alicyclic amines) is 1. The fraction of sp³-hybridized carbons (Fsp3) is 0.409. The van der Waals surface area contributed by atoms with E-state index in [4.69, 9.17) is 13.9 Å². The SMILES string of the molecule is COc1cccc(OC)c1-n1c(NS(=O)(=O)CCN2C(=O)[C@@H](C)C[C@@H]2C)nnc1-c1ccco1. The Morgan fingerprint density at radius 2 is 1.82 bits per heavy atom. The van der Waals surface area contributed by atoms with Crippen LogP contribution in [0.3, 0.4) is 0 Å². The Bertz CT molecular complexity index is 1250. The van der Waals surface area contributed by atoms with Gasteiger partial charge in [0.25, 0.3) is 0 Å². The number of rotatable bonds is 9. The summed E-state index contributed by atoms with van der Waals surface area (Å²) in [4.78, 5) is 14.0. The lowest BCUT2D eigenvalue weighted by Gasteiger charge is -2.22. The van der Waals surface area contributed by atoms with Crippen molar-refractivity contribution < 1.29 is 27.1 Å². The molecule has 1 aliphatic heterocycles. The van der Waals surface area contributed by atoms with Crippen LogP contribution in [-0.4, -0.2) is 66.5 Å². The highest BCUT2D eigenvalue weighted by Gasteiger charge is 2.35. The van der Waals surface area contributed by atoms with E-state index < -0.39 is 10.0 Å². The number of hydrogen-bond donors (Lipinski definition) is 1. The number of sulfonamides is 1. The molecule has 0 aliphatic carbocycles. The number of furan rings is 1. The lowest BCUT2D eigenvalue weighted by Crippen LogP contribution is -2.37. The van der Waals surface area contributed by atoms with Crippen LogP contribution in [-0.2, 0) is 14.8 Å². The van der Waals surface area contributed by atoms with Gasteiger partial charge in [-0.1, -0.05) is 13.0 Å². The molecule has 1 amide bonds. The molecule has 34 heavy (non-hydrogen) atoms. The molecule has 1 aliphatic rings. The smallest absolute Gasteiger partial charge is 0.243 e. The van der Waals surface area contributed by atoms with E-state index in [1.54, 1.807) is 35.2 Å². The quantitative estimate of drug-likeness (QED) is 0.486. The fourth-order valence-corrected chi connectivity index (χ4v) is 5.11. The van der Waals surface area contributed by atoms with Gasteiger partial charge in [-0.25, -0.2) is 8.42 Å². The molecule has 0 bridgehead atoms. The predicted octanol–water partition coefficient (Wildman–Crippen LogP) is 2.54. The van der Waals surface area contributed by atoms with Crippen molar-refractivity contribution in [3.63, 3.8) is 0 Å². The van der Waals surface area contributed by atoms with Gasteiger partial charge in [-0.3, -0.25) is 14.1 Å². The molecule has 0 radical (unpaired) electrons. The Morgan fingerprint density at radius 3 is 2.38 bits per heavy atom. The molecule has 2 aromatic heterocycles. The second-order valence-corrected chi connectivity index (χ2v) is 9.95. The number of amides is 1. The van der Waals surface area contributed by atoms with E-state index in [9.17, 15) is 13.2 Å². The molecule has 1 saturated heterocycles. The normalized spacial score (nSPS) is 18.4. The first-order chi connectivity index (χ1) is 16.3. The van der Waals surface area contributed by atoms with Gasteiger partial charge in [-0.15, -0.1) is 10.2 Å². The number of nitrogens with zero attached hydrogens (tertiary/aromatic N) is 4. The Balaban J connectivity index is 1.71. The molecule has 0 saturated carbocycles. The maximum absolute atomic E-state index is 13.0. The number of ether oxygens (including phenoxy) is 2. The van der Waals surface area contributed by atoms with Crippen LogP contribution < -0.4 is 14.2 Å². The number of para-hydroxylation sites is 1. The van der Waals surface area contributed by atoms with Crippen molar-refractivity contribution >= 4 is 21.9 Å². The Morgan fingerprint density at radius 1 is 1.12 bits per heavy atom. The van der Waals surface area contributed by atoms with Crippen molar-refractivity contribution in [3.05, 3.63) is 36.6 Å². The zero-order chi connectivity index (χ0) is 24.5. The summed E-state index contributed by atoms with van der Waals surface area (Å²) in [6.45, 7) is 3.85. The Hall–Kier alpha value is -3.54. The standard InChI is InChI=1S/C22H27N5O6S/c1-14-13-15(2)26(21(14)28)10-12-34(29,30)25-22-24-23-20(18-9-6-11-33-18)27(22)19-16(31-3)7-5-8-17(19)32-4/h5-9,11,14-15H,10,12-13H2,1-4H3,(H,24,25)/t14-,15-/m0/s1. The number of nitrogens with one attached hydrogen (secondary N) is 1. The van der Waals surface area contributed by atoms with E-state index in [1.807, 2.05) is 13.8 Å². The van der Waals surface area contributed by atoms with Crippen LogP contribution >= 0.6 is 0 Å². The maximum atomic E-state index is 13.0. The molecule has 4 rings (SSSR count). The third-order valence-electron chi connectivity index (χ3n) is 5.81. The van der Waals surface area contributed by atoms with E-state index >= 15 is 0 Å². The summed E-state index contributed by atoms with van der Waals surface area (Å²) in [5.41, 5.74) is 0.402. The molecule has 0 spiro atoms. The van der Waals surface area contributed by atoms with E-state index in [1.165, 1.54) is 25.0 Å². The van der Waals surface area contributed by atoms with Crippen LogP contribution in [0.5, 0.6) is 11.5 Å². The minimum Gasteiger partial charge on any atom is -0.494 e. The molecule has 11 nitrogen and oxygen atoms in total. The van der Waals surface area contributed by atoms with E-state index in [2.05, 4.69) is 14.9 Å². The van der Waals surface area contributed by atoms with Crippen molar-refractivity contribution in [1.29, 1.82) is 0 Å². The first-order valence-corrected chi connectivity index (χ1v) is 12.4. The molecule has 1 aromatic carbocycles. The van der Waals surface area contributed by atoms with Gasteiger partial charge in [-0.2, -0.15) is 0 Å². The third-order valence-corrected chi connectivity index (χ3v) is 7.02. The van der Waals surface area contributed by atoms with E-state index in [0.29, 0.717) is 29.4 Å². The molecule has 182 valence electrons. The van der Waals surface area contributed by atoms with Gasteiger partial charge < -0.3 is 18.8 Å². The lowest BCUT2D eigenvalue weighted by atomic mass is 10.1. The van der Waals surface area contributed by atoms with E-state index in [0.717, 1.165) is 0 Å². The summed E-state index contributed by atoms with van der Waals surface area (Å²) in [7, 11) is -0.902. The van der Waals surface area contributed by atoms with Crippen LogP contribution in [0.4, 0.5) is 5.95 Å². The van der Waals surface area contributed by atoms with Gasteiger partial charge >= 0.3 is 0 Å². The average Bonchev–Trinajstić information content (AvgIpc) is 3.52. The molecule has 0 unspecified atom stereocenters. The van der Waals surface area contributed by atoms with Crippen LogP contribution in [0.25, 0.3) is 17.3 Å². The number of carbonyl (C=O) groups excluding carboxylic acids is 1. The second kappa shape index (κ2) is 9.37. The second-order valence-electron chi connectivity index (χ2n) is 8.11. The summed E-state index contributed by atoms with van der Waals surface area (Å²) in [6, 6.07) is 8.53. The first-order valence-electron chi connectivity index (χ1n) is 10.8. The molecular weight excluding hydrogens is 462 g/mol. The fourth-order valence-electron chi connectivity index (χ4n) is 4.16. The van der Waals surface area contributed by atoms with Crippen molar-refractivity contribution in [3.8, 4) is 28.8 Å². The van der Waals surface area contributed by atoms with Gasteiger partial charge in [0.2, 0.25) is 27.7 Å². The monoisotopic (exact) mass is 489 g/mol. The van der Waals surface area contributed by atoms with Crippen molar-refractivity contribution in [2.75, 3.05) is 31.2 Å². The molecule has 3 aromatic rings. The van der Waals surface area contributed by atoms with Crippen LogP contribution in [0.15, 0.2) is 41.0 Å². The Kier molecular flexibility index (Phi) is 6.51.